The molecule has 1 saturated heterocycles. The summed E-state index contributed by atoms with van der Waals surface area (Å²) >= 11 is 0. The predicted octanol–water partition coefficient (Wildman–Crippen LogP) is 3.64. The van der Waals surface area contributed by atoms with Crippen LogP contribution in [-0.2, 0) is 16.0 Å². The average molecular weight is 393 g/mol. The molecule has 1 aromatic rings. The molecule has 0 bridgehead atoms. The van der Waals surface area contributed by atoms with E-state index >= 15 is 0 Å². The van der Waals surface area contributed by atoms with Gasteiger partial charge >= 0.3 is 12.1 Å². The molecule has 1 aliphatic heterocycles. The van der Waals surface area contributed by atoms with E-state index in [0.717, 1.165) is 18.1 Å². The summed E-state index contributed by atoms with van der Waals surface area (Å²) in [5.74, 6) is -1.87. The van der Waals surface area contributed by atoms with Crippen LogP contribution in [0, 0.1) is 11.7 Å². The predicted molar refractivity (Wildman–Crippen MR) is 90.7 cm³/mol. The van der Waals surface area contributed by atoms with E-state index in [1.54, 1.807) is 0 Å². The first-order valence-electron chi connectivity index (χ1n) is 8.44. The van der Waals surface area contributed by atoms with Crippen LogP contribution in [-0.4, -0.2) is 49.7 Å². The molecule has 1 N–H and O–H groups in total. The Kier molecular flexibility index (Phi) is 5.94. The molecule has 5 nitrogen and oxygen atoms in total. The minimum absolute atomic E-state index is 0.0454. The van der Waals surface area contributed by atoms with E-state index in [0.29, 0.717) is 6.42 Å². The summed E-state index contributed by atoms with van der Waals surface area (Å²) in [6.07, 6.45) is -5.25. The molecule has 27 heavy (non-hydrogen) atoms. The van der Waals surface area contributed by atoms with Crippen molar-refractivity contribution in [1.29, 1.82) is 0 Å². The van der Waals surface area contributed by atoms with Crippen molar-refractivity contribution in [2.75, 3.05) is 25.7 Å². The molecular formula is C18H23F4NO4. The molecule has 0 saturated carbocycles. The minimum Gasteiger partial charge on any atom is -0.494 e. The number of alkyl halides is 3. The van der Waals surface area contributed by atoms with Crippen molar-refractivity contribution in [3.05, 3.63) is 23.5 Å². The monoisotopic (exact) mass is 393 g/mol. The summed E-state index contributed by atoms with van der Waals surface area (Å²) in [6, 6.07) is 0.878. The normalized spacial score (nSPS) is 23.1. The number of ether oxygens (including phenoxy) is 2. The SMILES string of the molecule is COc1c(N2CC(OC)(C(F)(F)F)CC2C(=O)O)ccc(F)c1CC(C)C. The molecule has 0 spiro atoms. The van der Waals surface area contributed by atoms with Gasteiger partial charge in [-0.3, -0.25) is 0 Å². The van der Waals surface area contributed by atoms with Gasteiger partial charge in [-0.25, -0.2) is 9.18 Å². The highest BCUT2D eigenvalue weighted by Gasteiger charge is 2.63. The molecule has 0 aromatic heterocycles. The largest absolute Gasteiger partial charge is 0.494 e. The number of rotatable bonds is 6. The molecule has 0 amide bonds. The third-order valence-corrected chi connectivity index (χ3v) is 4.83. The van der Waals surface area contributed by atoms with Gasteiger partial charge in [0.25, 0.3) is 0 Å². The van der Waals surface area contributed by atoms with Crippen LogP contribution in [0.5, 0.6) is 5.75 Å². The van der Waals surface area contributed by atoms with Gasteiger partial charge in [-0.2, -0.15) is 13.2 Å². The Bertz CT molecular complexity index is 707. The zero-order valence-corrected chi connectivity index (χ0v) is 15.6. The first kappa shape index (κ1) is 21.3. The molecule has 2 rings (SSSR count). The summed E-state index contributed by atoms with van der Waals surface area (Å²) in [7, 11) is 2.18. The molecule has 1 aliphatic rings. The molecule has 1 aromatic carbocycles. The number of carboxylic acid groups (broad SMARTS) is 1. The van der Waals surface area contributed by atoms with Crippen LogP contribution in [0.4, 0.5) is 23.2 Å². The number of aliphatic carboxylic acids is 1. The van der Waals surface area contributed by atoms with Gasteiger partial charge in [0.1, 0.15) is 17.6 Å². The quantitative estimate of drug-likeness (QED) is 0.748. The highest BCUT2D eigenvalue weighted by molar-refractivity contribution is 5.81. The van der Waals surface area contributed by atoms with E-state index in [9.17, 15) is 27.5 Å². The fraction of sp³-hybridized carbons (Fsp3) is 0.611. The van der Waals surface area contributed by atoms with E-state index in [2.05, 4.69) is 0 Å². The summed E-state index contributed by atoms with van der Waals surface area (Å²) in [4.78, 5) is 12.7. The number of carbonyl (C=O) groups is 1. The Hall–Kier alpha value is -2.03. The smallest absolute Gasteiger partial charge is 0.419 e. The lowest BCUT2D eigenvalue weighted by Crippen LogP contribution is -2.49. The van der Waals surface area contributed by atoms with E-state index in [4.69, 9.17) is 9.47 Å². The fourth-order valence-electron chi connectivity index (χ4n) is 3.46. The Morgan fingerprint density at radius 1 is 1.37 bits per heavy atom. The minimum atomic E-state index is -4.77. The number of benzene rings is 1. The topological polar surface area (TPSA) is 59.0 Å². The number of carboxylic acids is 1. The third kappa shape index (κ3) is 3.83. The van der Waals surface area contributed by atoms with Crippen LogP contribution in [0.3, 0.4) is 0 Å². The number of hydrogen-bond donors (Lipinski definition) is 1. The van der Waals surface area contributed by atoms with Gasteiger partial charge in [0.2, 0.25) is 0 Å². The second-order valence-corrected chi connectivity index (χ2v) is 7.06. The molecule has 1 fully saturated rings. The molecule has 152 valence electrons. The first-order chi connectivity index (χ1) is 12.5. The Morgan fingerprint density at radius 2 is 2.00 bits per heavy atom. The van der Waals surface area contributed by atoms with Crippen LogP contribution in [0.25, 0.3) is 0 Å². The third-order valence-electron chi connectivity index (χ3n) is 4.83. The second-order valence-electron chi connectivity index (χ2n) is 7.06. The fourth-order valence-corrected chi connectivity index (χ4v) is 3.46. The van der Waals surface area contributed by atoms with Crippen LogP contribution < -0.4 is 9.64 Å². The molecule has 2 atom stereocenters. The van der Waals surface area contributed by atoms with Crippen molar-refractivity contribution in [3.8, 4) is 5.75 Å². The number of halogens is 4. The molecule has 9 heteroatoms. The molecule has 2 unspecified atom stereocenters. The van der Waals surface area contributed by atoms with Crippen molar-refractivity contribution >= 4 is 11.7 Å². The lowest BCUT2D eigenvalue weighted by atomic mass is 9.99. The molecule has 1 heterocycles. The van der Waals surface area contributed by atoms with Gasteiger partial charge in [0.15, 0.2) is 5.60 Å². The Balaban J connectivity index is 2.59. The average Bonchev–Trinajstić information content (AvgIpc) is 2.97. The lowest BCUT2D eigenvalue weighted by Gasteiger charge is -2.31. The molecule has 0 radical (unpaired) electrons. The van der Waals surface area contributed by atoms with Gasteiger partial charge in [0, 0.05) is 19.1 Å². The van der Waals surface area contributed by atoms with Gasteiger partial charge in [-0.15, -0.1) is 0 Å². The first-order valence-corrected chi connectivity index (χ1v) is 8.44. The van der Waals surface area contributed by atoms with Crippen LogP contribution in [0.1, 0.15) is 25.8 Å². The second kappa shape index (κ2) is 7.53. The highest BCUT2D eigenvalue weighted by Crippen LogP contribution is 2.47. The van der Waals surface area contributed by atoms with Gasteiger partial charge in [-0.1, -0.05) is 13.8 Å². The van der Waals surface area contributed by atoms with Gasteiger partial charge in [0.05, 0.1) is 19.3 Å². The number of hydrogen-bond acceptors (Lipinski definition) is 4. The van der Waals surface area contributed by atoms with Crippen LogP contribution >= 0.6 is 0 Å². The maximum absolute atomic E-state index is 14.3. The Morgan fingerprint density at radius 3 is 2.44 bits per heavy atom. The summed E-state index contributed by atoms with van der Waals surface area (Å²) in [5, 5.41) is 9.49. The number of methoxy groups -OCH3 is 2. The van der Waals surface area contributed by atoms with E-state index in [1.807, 2.05) is 13.8 Å². The van der Waals surface area contributed by atoms with Crippen molar-refractivity contribution in [2.45, 2.75) is 44.5 Å². The van der Waals surface area contributed by atoms with Gasteiger partial charge in [-0.05, 0) is 24.5 Å². The maximum Gasteiger partial charge on any atom is 0.419 e. The highest BCUT2D eigenvalue weighted by atomic mass is 19.4. The van der Waals surface area contributed by atoms with E-state index in [-0.39, 0.29) is 22.9 Å². The molecular weight excluding hydrogens is 370 g/mol. The number of nitrogens with zero attached hydrogens (tertiary/aromatic N) is 1. The van der Waals surface area contributed by atoms with E-state index in [1.165, 1.54) is 13.2 Å². The van der Waals surface area contributed by atoms with Crippen molar-refractivity contribution in [2.24, 2.45) is 5.92 Å². The van der Waals surface area contributed by atoms with Crippen LogP contribution in [0.2, 0.25) is 0 Å². The van der Waals surface area contributed by atoms with Crippen LogP contribution in [0.15, 0.2) is 12.1 Å². The lowest BCUT2D eigenvalue weighted by molar-refractivity contribution is -0.261. The van der Waals surface area contributed by atoms with Crippen molar-refractivity contribution in [1.82, 2.24) is 0 Å². The maximum atomic E-state index is 14.3. The van der Waals surface area contributed by atoms with Crippen molar-refractivity contribution < 1.29 is 36.9 Å². The van der Waals surface area contributed by atoms with Crippen molar-refractivity contribution in [3.63, 3.8) is 0 Å². The molecule has 0 aliphatic carbocycles. The summed E-state index contributed by atoms with van der Waals surface area (Å²) < 4.78 is 65.2. The zero-order chi connectivity index (χ0) is 20.6. The van der Waals surface area contributed by atoms with E-state index < -0.39 is 42.6 Å². The summed E-state index contributed by atoms with van der Waals surface area (Å²) in [6.45, 7) is 3.00. The zero-order valence-electron chi connectivity index (χ0n) is 15.6. The Labute approximate surface area is 154 Å². The standard InChI is InChI=1S/C18H23F4NO4/c1-10(2)7-11-12(19)5-6-13(15(11)26-3)23-9-17(27-4,18(20,21)22)8-14(23)16(24)25/h5-6,10,14H,7-9H2,1-4H3,(H,24,25). The number of anilines is 1. The van der Waals surface area contributed by atoms with Gasteiger partial charge < -0.3 is 19.5 Å². The summed E-state index contributed by atoms with van der Waals surface area (Å²) in [5.41, 5.74) is -2.32.